The summed E-state index contributed by atoms with van der Waals surface area (Å²) in [6.45, 7) is 2.51. The van der Waals surface area contributed by atoms with Crippen LogP contribution in [0, 0.1) is 0 Å². The number of rotatable bonds is 7. The van der Waals surface area contributed by atoms with E-state index in [1.165, 1.54) is 21.5 Å². The van der Waals surface area contributed by atoms with Gasteiger partial charge < -0.3 is 9.19 Å². The van der Waals surface area contributed by atoms with Crippen LogP contribution in [0.3, 0.4) is 0 Å². The third-order valence-electron chi connectivity index (χ3n) is 1.82. The Balaban J connectivity index is 4.74. The maximum Gasteiger partial charge on any atom is 0.412 e. The molecule has 0 aromatic heterocycles. The van der Waals surface area contributed by atoms with Crippen LogP contribution in [0.25, 0.3) is 0 Å². The summed E-state index contributed by atoms with van der Waals surface area (Å²) in [5.41, 5.74) is -1.53. The van der Waals surface area contributed by atoms with Gasteiger partial charge in [-0.25, -0.2) is 0 Å². The minimum atomic E-state index is -4.37. The zero-order valence-corrected chi connectivity index (χ0v) is 13.1. The van der Waals surface area contributed by atoms with Gasteiger partial charge in [0, 0.05) is 12.3 Å². The normalized spacial score (nSPS) is 17.3. The molecule has 0 aromatic carbocycles. The van der Waals surface area contributed by atoms with Crippen LogP contribution < -0.4 is 0 Å². The summed E-state index contributed by atoms with van der Waals surface area (Å²) >= 11 is 11.2. The van der Waals surface area contributed by atoms with Gasteiger partial charge in [0.1, 0.15) is 0 Å². The molecule has 0 rings (SSSR count). The second-order valence-corrected chi connectivity index (χ2v) is 10.7. The Morgan fingerprint density at radius 1 is 1.53 bits per heavy atom. The molecule has 17 heavy (non-hydrogen) atoms. The van der Waals surface area contributed by atoms with Gasteiger partial charge >= 0.3 is 6.18 Å². The Kier molecular flexibility index (Phi) is 7.56. The van der Waals surface area contributed by atoms with Crippen molar-refractivity contribution in [1.29, 1.82) is 0 Å². The fourth-order valence-corrected chi connectivity index (χ4v) is 7.25. The molecule has 102 valence electrons. The van der Waals surface area contributed by atoms with Crippen molar-refractivity contribution >= 4 is 46.5 Å². The Labute approximate surface area is 114 Å². The van der Waals surface area contributed by atoms with E-state index in [0.717, 1.165) is 6.42 Å². The predicted molar refractivity (Wildman–Crippen MR) is 75.1 cm³/mol. The van der Waals surface area contributed by atoms with Crippen LogP contribution >= 0.6 is 29.2 Å². The highest BCUT2D eigenvalue weighted by molar-refractivity contribution is 8.69. The van der Waals surface area contributed by atoms with E-state index in [-0.39, 0.29) is 5.25 Å². The molecule has 0 radical (unpaired) electrons. The van der Waals surface area contributed by atoms with Crippen LogP contribution in [0.1, 0.15) is 20.3 Å². The third-order valence-corrected chi connectivity index (χ3v) is 9.43. The van der Waals surface area contributed by atoms with Gasteiger partial charge in [-0.2, -0.15) is 13.2 Å². The van der Waals surface area contributed by atoms with Crippen LogP contribution in [0.2, 0.25) is 0 Å². The first-order valence-corrected chi connectivity index (χ1v) is 9.46. The average Bonchev–Trinajstić information content (AvgIpc) is 2.24. The van der Waals surface area contributed by atoms with Crippen molar-refractivity contribution < 1.29 is 17.7 Å². The quantitative estimate of drug-likeness (QED) is 0.512. The lowest BCUT2D eigenvalue weighted by Gasteiger charge is -2.31. The maximum absolute atomic E-state index is 12.2. The molecule has 2 unspecified atom stereocenters. The second kappa shape index (κ2) is 7.28. The Morgan fingerprint density at radius 2 is 2.06 bits per heavy atom. The smallest absolute Gasteiger partial charge is 0.317 e. The van der Waals surface area contributed by atoms with Crippen molar-refractivity contribution in [3.05, 3.63) is 0 Å². The van der Waals surface area contributed by atoms with Gasteiger partial charge in [-0.05, 0) is 18.2 Å². The molecule has 0 aliphatic carbocycles. The molecular weight excluding hydrogens is 310 g/mol. The highest BCUT2D eigenvalue weighted by Crippen LogP contribution is 2.64. The van der Waals surface area contributed by atoms with E-state index in [0.29, 0.717) is 0 Å². The molecule has 9 heteroatoms. The van der Waals surface area contributed by atoms with Gasteiger partial charge in [-0.3, -0.25) is 0 Å². The summed E-state index contributed by atoms with van der Waals surface area (Å²) in [5.74, 6) is 0. The number of hydrogen-bond acceptors (Lipinski definition) is 4. The molecule has 0 amide bonds. The third kappa shape index (κ3) is 6.96. The highest BCUT2D eigenvalue weighted by Gasteiger charge is 2.34. The first kappa shape index (κ1) is 17.6. The van der Waals surface area contributed by atoms with Crippen molar-refractivity contribution in [2.24, 2.45) is 0 Å². The van der Waals surface area contributed by atoms with Crippen LogP contribution in [0.5, 0.6) is 0 Å². The fraction of sp³-hybridized carbons (Fsp3) is 0.875. The molecule has 2 nitrogen and oxygen atoms in total. The van der Waals surface area contributed by atoms with Gasteiger partial charge in [0.05, 0.1) is 5.49 Å². The van der Waals surface area contributed by atoms with Gasteiger partial charge in [-0.15, -0.1) is 0 Å². The summed E-state index contributed by atoms with van der Waals surface area (Å²) in [5, 5.41) is 0.131. The van der Waals surface area contributed by atoms with E-state index in [1.807, 2.05) is 13.8 Å². The molecule has 2 atom stereocenters. The van der Waals surface area contributed by atoms with Crippen LogP contribution in [-0.2, 0) is 16.3 Å². The summed E-state index contributed by atoms with van der Waals surface area (Å²) in [6.07, 6.45) is -3.56. The Morgan fingerprint density at radius 3 is 2.41 bits per heavy atom. The molecule has 0 aliphatic heterocycles. The lowest BCUT2D eigenvalue weighted by molar-refractivity contribution is -0.152. The minimum absolute atomic E-state index is 0.131. The van der Waals surface area contributed by atoms with Crippen molar-refractivity contribution in [2.45, 2.75) is 31.7 Å². The summed E-state index contributed by atoms with van der Waals surface area (Å²) in [4.78, 5) is 0. The molecule has 0 bridgehead atoms. The molecule has 0 aromatic rings. The van der Waals surface area contributed by atoms with Crippen molar-refractivity contribution in [3.8, 4) is 0 Å². The van der Waals surface area contributed by atoms with Crippen molar-refractivity contribution in [2.75, 3.05) is 13.7 Å². The molecule has 0 spiro atoms. The molecule has 0 saturated heterocycles. The topological polar surface area (TPSA) is 12.5 Å². The fourth-order valence-electron chi connectivity index (χ4n) is 0.710. The molecule has 0 saturated carbocycles. The van der Waals surface area contributed by atoms with E-state index < -0.39 is 18.4 Å². The number of nitrogens with zero attached hydrogens (tertiary/aromatic N) is 1. The largest absolute Gasteiger partial charge is 0.412 e. The monoisotopic (exact) mass is 325 g/mol. The lowest BCUT2D eigenvalue weighted by atomic mass is 10.4. The highest BCUT2D eigenvalue weighted by atomic mass is 32.9. The van der Waals surface area contributed by atoms with Crippen LogP contribution in [-0.4, -0.2) is 35.2 Å². The zero-order chi connectivity index (χ0) is 13.7. The molecule has 0 heterocycles. The molecule has 0 fully saturated rings. The Bertz CT molecular complexity index is 300. The van der Waals surface area contributed by atoms with Gasteiger partial charge in [-0.1, -0.05) is 37.4 Å². The lowest BCUT2D eigenvalue weighted by Crippen LogP contribution is -2.20. The van der Waals surface area contributed by atoms with Crippen LogP contribution in [0.15, 0.2) is 0 Å². The number of hydrogen-bond donors (Lipinski definition) is 0. The van der Waals surface area contributed by atoms with E-state index in [2.05, 4.69) is 0 Å². The first-order valence-electron chi connectivity index (χ1n) is 4.83. The van der Waals surface area contributed by atoms with Crippen LogP contribution in [0.4, 0.5) is 13.2 Å². The van der Waals surface area contributed by atoms with Crippen molar-refractivity contribution in [3.63, 3.8) is 0 Å². The number of alkyl halides is 3. The molecule has 0 N–H and O–H groups in total. The van der Waals surface area contributed by atoms with E-state index >= 15 is 0 Å². The summed E-state index contributed by atoms with van der Waals surface area (Å²) < 4.78 is 42.8. The Hall–Kier alpha value is 0.640. The average molecular weight is 325 g/mol. The SMILES string of the molecule is CCC(C)SP(=S)(OCC(F)(F)F)N(C)C=S. The number of thiocarbonyl (C=S) groups is 1. The second-order valence-electron chi connectivity index (χ2n) is 3.36. The van der Waals surface area contributed by atoms with E-state index in [1.54, 1.807) is 7.05 Å². The standard InChI is InChI=1S/C8H15F3NOPS3/c1-4-7(2)17-14(16,12(3)6-15)13-5-8(9,10)11/h6-7H,4-5H2,1-3H3. The zero-order valence-electron chi connectivity index (χ0n) is 9.73. The molecule has 0 aliphatic rings. The summed E-state index contributed by atoms with van der Waals surface area (Å²) in [7, 11) is 1.56. The minimum Gasteiger partial charge on any atom is -0.317 e. The van der Waals surface area contributed by atoms with Gasteiger partial charge in [0.25, 0.3) is 0 Å². The maximum atomic E-state index is 12.2. The summed E-state index contributed by atoms with van der Waals surface area (Å²) in [6, 6.07) is 0. The number of halogens is 3. The first-order chi connectivity index (χ1) is 7.64. The van der Waals surface area contributed by atoms with Crippen molar-refractivity contribution in [1.82, 2.24) is 4.67 Å². The molecular formula is C8H15F3NOPS3. The predicted octanol–water partition coefficient (Wildman–Crippen LogP) is 4.21. The van der Waals surface area contributed by atoms with Gasteiger partial charge in [0.2, 0.25) is 5.62 Å². The van der Waals surface area contributed by atoms with Gasteiger partial charge in [0.15, 0.2) is 6.61 Å². The van der Waals surface area contributed by atoms with E-state index in [4.69, 9.17) is 28.5 Å². The van der Waals surface area contributed by atoms with E-state index in [9.17, 15) is 13.2 Å².